The van der Waals surface area contributed by atoms with Gasteiger partial charge in [0.2, 0.25) is 0 Å². The van der Waals surface area contributed by atoms with Crippen LogP contribution < -0.4 is 5.32 Å². The number of nitrogens with one attached hydrogen (secondary N) is 1. The van der Waals surface area contributed by atoms with Gasteiger partial charge in [0.05, 0.1) is 5.60 Å². The van der Waals surface area contributed by atoms with Crippen molar-refractivity contribution in [3.63, 3.8) is 0 Å². The minimum atomic E-state index is -0.475. The fourth-order valence-corrected chi connectivity index (χ4v) is 2.97. The van der Waals surface area contributed by atoms with Gasteiger partial charge >= 0.3 is 0 Å². The quantitative estimate of drug-likeness (QED) is 0.761. The Morgan fingerprint density at radius 1 is 1.44 bits per heavy atom. The minimum absolute atomic E-state index is 0.343. The van der Waals surface area contributed by atoms with E-state index in [9.17, 15) is 5.11 Å². The number of β-amino-alcohol motifs (C(OH)–C–C–N with tert-alkyl or cyclic N) is 1. The SMILES string of the molecule is CCC(C)(CNC1CC1)CN1CCCC(C)(O)C1. The van der Waals surface area contributed by atoms with Gasteiger partial charge < -0.3 is 10.4 Å². The summed E-state index contributed by atoms with van der Waals surface area (Å²) in [6, 6.07) is 0.792. The Labute approximate surface area is 112 Å². The molecule has 106 valence electrons. The first kappa shape index (κ1) is 14.3. The van der Waals surface area contributed by atoms with Crippen LogP contribution >= 0.6 is 0 Å². The Morgan fingerprint density at radius 3 is 2.72 bits per heavy atom. The van der Waals surface area contributed by atoms with Crippen LogP contribution in [0.1, 0.15) is 52.9 Å². The largest absolute Gasteiger partial charge is 0.389 e. The van der Waals surface area contributed by atoms with Crippen LogP contribution in [-0.2, 0) is 0 Å². The molecule has 2 rings (SSSR count). The van der Waals surface area contributed by atoms with Crippen molar-refractivity contribution >= 4 is 0 Å². The molecule has 18 heavy (non-hydrogen) atoms. The Kier molecular flexibility index (Phi) is 4.35. The third kappa shape index (κ3) is 4.22. The molecule has 0 aromatic rings. The Balaban J connectivity index is 1.83. The van der Waals surface area contributed by atoms with E-state index in [4.69, 9.17) is 0 Å². The summed E-state index contributed by atoms with van der Waals surface area (Å²) in [6.07, 6.45) is 6.00. The average molecular weight is 254 g/mol. The van der Waals surface area contributed by atoms with Gasteiger partial charge in [0.25, 0.3) is 0 Å². The maximum Gasteiger partial charge on any atom is 0.0746 e. The van der Waals surface area contributed by atoms with Crippen molar-refractivity contribution in [1.82, 2.24) is 10.2 Å². The molecule has 3 heteroatoms. The van der Waals surface area contributed by atoms with Gasteiger partial charge in [0.15, 0.2) is 0 Å². The number of aliphatic hydroxyl groups is 1. The number of hydrogen-bond acceptors (Lipinski definition) is 3. The highest BCUT2D eigenvalue weighted by molar-refractivity contribution is 4.89. The second-order valence-corrected chi connectivity index (χ2v) is 7.13. The molecule has 0 aromatic heterocycles. The van der Waals surface area contributed by atoms with E-state index in [-0.39, 0.29) is 0 Å². The van der Waals surface area contributed by atoms with Crippen LogP contribution in [0.15, 0.2) is 0 Å². The summed E-state index contributed by atoms with van der Waals surface area (Å²) in [6.45, 7) is 10.9. The maximum absolute atomic E-state index is 10.2. The monoisotopic (exact) mass is 254 g/mol. The summed E-state index contributed by atoms with van der Waals surface area (Å²) in [5.41, 5.74) is -0.132. The summed E-state index contributed by atoms with van der Waals surface area (Å²) < 4.78 is 0. The normalized spacial score (nSPS) is 33.3. The molecule has 0 amide bonds. The van der Waals surface area contributed by atoms with Gasteiger partial charge in [-0.1, -0.05) is 13.8 Å². The molecule has 1 aliphatic heterocycles. The van der Waals surface area contributed by atoms with Crippen LogP contribution in [0.2, 0.25) is 0 Å². The molecule has 0 bridgehead atoms. The molecule has 1 saturated heterocycles. The average Bonchev–Trinajstić information content (AvgIpc) is 3.09. The molecule has 0 radical (unpaired) electrons. The lowest BCUT2D eigenvalue weighted by atomic mass is 9.85. The third-order valence-electron chi connectivity index (χ3n) is 4.61. The van der Waals surface area contributed by atoms with E-state index in [2.05, 4.69) is 24.1 Å². The minimum Gasteiger partial charge on any atom is -0.389 e. The van der Waals surface area contributed by atoms with Gasteiger partial charge in [0, 0.05) is 25.7 Å². The first-order chi connectivity index (χ1) is 8.42. The molecular formula is C15H30N2O. The first-order valence-electron chi connectivity index (χ1n) is 7.61. The van der Waals surface area contributed by atoms with Crippen molar-refractivity contribution in [1.29, 1.82) is 0 Å². The van der Waals surface area contributed by atoms with Crippen LogP contribution in [0.4, 0.5) is 0 Å². The predicted octanol–water partition coefficient (Wildman–Crippen LogP) is 2.00. The summed E-state index contributed by atoms with van der Waals surface area (Å²) in [4.78, 5) is 2.46. The van der Waals surface area contributed by atoms with Crippen LogP contribution in [0.3, 0.4) is 0 Å². The van der Waals surface area contributed by atoms with E-state index in [1.807, 2.05) is 6.92 Å². The Bertz CT molecular complexity index is 276. The smallest absolute Gasteiger partial charge is 0.0746 e. The molecule has 0 aromatic carbocycles. The van der Waals surface area contributed by atoms with E-state index in [0.717, 1.165) is 45.1 Å². The molecule has 2 unspecified atom stereocenters. The lowest BCUT2D eigenvalue weighted by Gasteiger charge is -2.42. The highest BCUT2D eigenvalue weighted by Crippen LogP contribution is 2.28. The number of likely N-dealkylation sites (tertiary alicyclic amines) is 1. The Morgan fingerprint density at radius 2 is 2.17 bits per heavy atom. The summed E-state index contributed by atoms with van der Waals surface area (Å²) in [5.74, 6) is 0. The molecular weight excluding hydrogens is 224 g/mol. The molecule has 2 N–H and O–H groups in total. The number of nitrogens with zero attached hydrogens (tertiary/aromatic N) is 1. The van der Waals surface area contributed by atoms with Crippen LogP contribution in [0, 0.1) is 5.41 Å². The standard InChI is InChI=1S/C15H30N2O/c1-4-14(2,10-16-13-6-7-13)11-17-9-5-8-15(3,18)12-17/h13,16,18H,4-12H2,1-3H3. The summed E-state index contributed by atoms with van der Waals surface area (Å²) in [7, 11) is 0. The molecule has 1 aliphatic carbocycles. The lowest BCUT2D eigenvalue weighted by molar-refractivity contribution is -0.0273. The van der Waals surface area contributed by atoms with E-state index in [0.29, 0.717) is 5.41 Å². The van der Waals surface area contributed by atoms with Gasteiger partial charge in [-0.2, -0.15) is 0 Å². The summed E-state index contributed by atoms with van der Waals surface area (Å²) >= 11 is 0. The molecule has 2 atom stereocenters. The highest BCUT2D eigenvalue weighted by Gasteiger charge is 2.33. The molecule has 3 nitrogen and oxygen atoms in total. The van der Waals surface area contributed by atoms with Crippen molar-refractivity contribution in [3.8, 4) is 0 Å². The van der Waals surface area contributed by atoms with Gasteiger partial charge in [-0.25, -0.2) is 0 Å². The second kappa shape index (κ2) is 5.48. The van der Waals surface area contributed by atoms with E-state index in [1.54, 1.807) is 0 Å². The van der Waals surface area contributed by atoms with Crippen molar-refractivity contribution < 1.29 is 5.11 Å². The second-order valence-electron chi connectivity index (χ2n) is 7.13. The van der Waals surface area contributed by atoms with Crippen molar-refractivity contribution in [2.75, 3.05) is 26.2 Å². The summed E-state index contributed by atoms with van der Waals surface area (Å²) in [5, 5.41) is 13.9. The van der Waals surface area contributed by atoms with Gasteiger partial charge in [0.1, 0.15) is 0 Å². The van der Waals surface area contributed by atoms with Gasteiger partial charge in [-0.15, -0.1) is 0 Å². The zero-order valence-corrected chi connectivity index (χ0v) is 12.3. The number of rotatable bonds is 6. The van der Waals surface area contributed by atoms with Crippen molar-refractivity contribution in [2.24, 2.45) is 5.41 Å². The fraction of sp³-hybridized carbons (Fsp3) is 1.00. The van der Waals surface area contributed by atoms with Crippen molar-refractivity contribution in [2.45, 2.75) is 64.5 Å². The molecule has 1 heterocycles. The first-order valence-corrected chi connectivity index (χ1v) is 7.61. The molecule has 0 spiro atoms. The molecule has 2 aliphatic rings. The lowest BCUT2D eigenvalue weighted by Crippen LogP contribution is -2.51. The maximum atomic E-state index is 10.2. The van der Waals surface area contributed by atoms with E-state index in [1.165, 1.54) is 19.3 Å². The van der Waals surface area contributed by atoms with Crippen LogP contribution in [0.5, 0.6) is 0 Å². The van der Waals surface area contributed by atoms with Crippen LogP contribution in [0.25, 0.3) is 0 Å². The van der Waals surface area contributed by atoms with Gasteiger partial charge in [-0.05, 0) is 51.0 Å². The third-order valence-corrected chi connectivity index (χ3v) is 4.61. The van der Waals surface area contributed by atoms with E-state index < -0.39 is 5.60 Å². The van der Waals surface area contributed by atoms with Crippen LogP contribution in [-0.4, -0.2) is 47.8 Å². The highest BCUT2D eigenvalue weighted by atomic mass is 16.3. The predicted molar refractivity (Wildman–Crippen MR) is 75.7 cm³/mol. The number of hydrogen-bond donors (Lipinski definition) is 2. The zero-order valence-electron chi connectivity index (χ0n) is 12.3. The van der Waals surface area contributed by atoms with Crippen molar-refractivity contribution in [3.05, 3.63) is 0 Å². The topological polar surface area (TPSA) is 35.5 Å². The fourth-order valence-electron chi connectivity index (χ4n) is 2.97. The van der Waals surface area contributed by atoms with E-state index >= 15 is 0 Å². The zero-order chi connectivity index (χ0) is 13.2. The molecule has 1 saturated carbocycles. The number of piperidine rings is 1. The van der Waals surface area contributed by atoms with Gasteiger partial charge in [-0.3, -0.25) is 4.90 Å². The molecule has 2 fully saturated rings. The Hall–Kier alpha value is -0.120.